The van der Waals surface area contributed by atoms with Crippen LogP contribution in [-0.4, -0.2) is 47.8 Å². The van der Waals surface area contributed by atoms with Crippen LogP contribution in [0, 0.1) is 20.8 Å². The van der Waals surface area contributed by atoms with Crippen molar-refractivity contribution < 1.29 is 14.0 Å². The quantitative estimate of drug-likeness (QED) is 0.849. The predicted molar refractivity (Wildman–Crippen MR) is 101 cm³/mol. The normalized spacial score (nSPS) is 14.6. The van der Waals surface area contributed by atoms with E-state index in [0.717, 1.165) is 17.7 Å². The molecule has 138 valence electrons. The van der Waals surface area contributed by atoms with Crippen LogP contribution < -0.4 is 0 Å². The van der Waals surface area contributed by atoms with E-state index in [-0.39, 0.29) is 11.8 Å². The summed E-state index contributed by atoms with van der Waals surface area (Å²) in [6.45, 7) is 9.90. The zero-order valence-electron chi connectivity index (χ0n) is 16.0. The van der Waals surface area contributed by atoms with Gasteiger partial charge in [0, 0.05) is 37.3 Å². The van der Waals surface area contributed by atoms with Crippen molar-refractivity contribution in [2.45, 2.75) is 34.1 Å². The number of nitrogens with zero attached hydrogens (tertiary/aromatic N) is 2. The molecule has 1 fully saturated rings. The minimum absolute atomic E-state index is 0.00347. The number of benzene rings is 1. The second-order valence-electron chi connectivity index (χ2n) is 6.85. The highest BCUT2D eigenvalue weighted by Crippen LogP contribution is 2.23. The van der Waals surface area contributed by atoms with Gasteiger partial charge in [-0.1, -0.05) is 19.1 Å². The molecule has 2 heterocycles. The van der Waals surface area contributed by atoms with Gasteiger partial charge in [-0.3, -0.25) is 9.59 Å². The number of rotatable bonds is 3. The molecule has 3 rings (SSSR count). The Morgan fingerprint density at radius 1 is 0.885 bits per heavy atom. The second-order valence-corrected chi connectivity index (χ2v) is 6.85. The molecule has 0 atom stereocenters. The summed E-state index contributed by atoms with van der Waals surface area (Å²) in [4.78, 5) is 29.1. The van der Waals surface area contributed by atoms with E-state index in [1.165, 1.54) is 5.56 Å². The molecule has 1 aliphatic rings. The first-order chi connectivity index (χ1) is 12.4. The van der Waals surface area contributed by atoms with Crippen molar-refractivity contribution in [3.63, 3.8) is 0 Å². The van der Waals surface area contributed by atoms with Crippen LogP contribution in [0.3, 0.4) is 0 Å². The van der Waals surface area contributed by atoms with Crippen LogP contribution in [0.15, 0.2) is 28.7 Å². The highest BCUT2D eigenvalue weighted by molar-refractivity contribution is 5.97. The van der Waals surface area contributed by atoms with E-state index in [2.05, 4.69) is 6.92 Å². The summed E-state index contributed by atoms with van der Waals surface area (Å²) in [6, 6.07) is 7.78. The van der Waals surface area contributed by atoms with E-state index in [1.54, 1.807) is 0 Å². The van der Waals surface area contributed by atoms with E-state index < -0.39 is 0 Å². The first-order valence-electron chi connectivity index (χ1n) is 9.16. The number of amides is 2. The summed E-state index contributed by atoms with van der Waals surface area (Å²) in [6.07, 6.45) is 0.960. The Hall–Kier alpha value is -2.56. The Bertz CT molecular complexity index is 813. The standard InChI is InChI=1S/C21H26N2O3/c1-5-17-6-8-18(9-7-17)20(24)22-10-12-23(13-11-22)21(25)19-14(2)15(3)26-16(19)4/h6-9H,5,10-13H2,1-4H3. The van der Waals surface area contributed by atoms with Gasteiger partial charge in [0.2, 0.25) is 0 Å². The van der Waals surface area contributed by atoms with E-state index in [1.807, 2.05) is 54.8 Å². The molecule has 0 saturated carbocycles. The maximum absolute atomic E-state index is 12.8. The maximum atomic E-state index is 12.8. The lowest BCUT2D eigenvalue weighted by Crippen LogP contribution is -2.50. The molecule has 26 heavy (non-hydrogen) atoms. The zero-order chi connectivity index (χ0) is 18.8. The van der Waals surface area contributed by atoms with E-state index in [9.17, 15) is 9.59 Å². The van der Waals surface area contributed by atoms with Crippen LogP contribution in [0.25, 0.3) is 0 Å². The van der Waals surface area contributed by atoms with Gasteiger partial charge in [-0.2, -0.15) is 0 Å². The average molecular weight is 354 g/mol. The van der Waals surface area contributed by atoms with Crippen LogP contribution in [0.4, 0.5) is 0 Å². The van der Waals surface area contributed by atoms with Gasteiger partial charge >= 0.3 is 0 Å². The van der Waals surface area contributed by atoms with Crippen molar-refractivity contribution in [3.05, 3.63) is 58.0 Å². The van der Waals surface area contributed by atoms with Crippen LogP contribution in [0.2, 0.25) is 0 Å². The highest BCUT2D eigenvalue weighted by Gasteiger charge is 2.28. The Morgan fingerprint density at radius 3 is 1.88 bits per heavy atom. The third-order valence-electron chi connectivity index (χ3n) is 5.24. The van der Waals surface area contributed by atoms with Crippen LogP contribution in [0.1, 0.15) is 50.3 Å². The number of aryl methyl sites for hydroxylation is 3. The third kappa shape index (κ3) is 3.39. The molecular weight excluding hydrogens is 328 g/mol. The molecule has 0 N–H and O–H groups in total. The number of carbonyl (C=O) groups excluding carboxylic acids is 2. The van der Waals surface area contributed by atoms with Gasteiger partial charge < -0.3 is 14.2 Å². The first kappa shape index (κ1) is 18.2. The fourth-order valence-corrected chi connectivity index (χ4v) is 3.44. The lowest BCUT2D eigenvalue weighted by molar-refractivity contribution is 0.0534. The van der Waals surface area contributed by atoms with Gasteiger partial charge in [0.15, 0.2) is 0 Å². The fraction of sp³-hybridized carbons (Fsp3) is 0.429. The van der Waals surface area contributed by atoms with Crippen molar-refractivity contribution >= 4 is 11.8 Å². The van der Waals surface area contributed by atoms with E-state index >= 15 is 0 Å². The monoisotopic (exact) mass is 354 g/mol. The minimum atomic E-state index is -0.00347. The smallest absolute Gasteiger partial charge is 0.257 e. The number of furan rings is 1. The number of carbonyl (C=O) groups is 2. The first-order valence-corrected chi connectivity index (χ1v) is 9.16. The Morgan fingerprint density at radius 2 is 1.42 bits per heavy atom. The molecule has 0 aliphatic carbocycles. The number of hydrogen-bond donors (Lipinski definition) is 0. The SMILES string of the molecule is CCc1ccc(C(=O)N2CCN(C(=O)c3c(C)oc(C)c3C)CC2)cc1. The molecule has 0 spiro atoms. The summed E-state index contributed by atoms with van der Waals surface area (Å²) in [5.41, 5.74) is 3.50. The molecule has 1 aromatic heterocycles. The Labute approximate surface area is 154 Å². The molecule has 1 aliphatic heterocycles. The lowest BCUT2D eigenvalue weighted by Gasteiger charge is -2.35. The second kappa shape index (κ2) is 7.36. The van der Waals surface area contributed by atoms with E-state index in [0.29, 0.717) is 43.1 Å². The van der Waals surface area contributed by atoms with Gasteiger partial charge in [-0.05, 0) is 44.9 Å². The molecule has 1 saturated heterocycles. The average Bonchev–Trinajstić information content (AvgIpc) is 2.92. The van der Waals surface area contributed by atoms with Gasteiger partial charge in [0.25, 0.3) is 11.8 Å². The summed E-state index contributed by atoms with van der Waals surface area (Å²) in [5, 5.41) is 0. The van der Waals surface area contributed by atoms with Crippen molar-refractivity contribution in [2.24, 2.45) is 0 Å². The molecule has 1 aromatic carbocycles. The summed E-state index contributed by atoms with van der Waals surface area (Å²) in [7, 11) is 0. The van der Waals surface area contributed by atoms with Crippen molar-refractivity contribution in [3.8, 4) is 0 Å². The lowest BCUT2D eigenvalue weighted by atomic mass is 10.1. The Balaban J connectivity index is 1.65. The molecule has 2 amide bonds. The van der Waals surface area contributed by atoms with Crippen molar-refractivity contribution in [1.29, 1.82) is 0 Å². The molecule has 0 bridgehead atoms. The van der Waals surface area contributed by atoms with Crippen LogP contribution in [0.5, 0.6) is 0 Å². The summed E-state index contributed by atoms with van der Waals surface area (Å²) in [5.74, 6) is 1.48. The fourth-order valence-electron chi connectivity index (χ4n) is 3.44. The topological polar surface area (TPSA) is 53.8 Å². The molecule has 5 heteroatoms. The third-order valence-corrected chi connectivity index (χ3v) is 5.24. The predicted octanol–water partition coefficient (Wildman–Crippen LogP) is 3.37. The molecule has 0 radical (unpaired) electrons. The zero-order valence-corrected chi connectivity index (χ0v) is 16.0. The summed E-state index contributed by atoms with van der Waals surface area (Å²) >= 11 is 0. The molecule has 5 nitrogen and oxygen atoms in total. The van der Waals surface area contributed by atoms with Gasteiger partial charge in [0.1, 0.15) is 11.5 Å². The maximum Gasteiger partial charge on any atom is 0.257 e. The highest BCUT2D eigenvalue weighted by atomic mass is 16.3. The Kier molecular flexibility index (Phi) is 5.16. The van der Waals surface area contributed by atoms with Gasteiger partial charge in [-0.15, -0.1) is 0 Å². The molecule has 0 unspecified atom stereocenters. The van der Waals surface area contributed by atoms with Crippen molar-refractivity contribution in [2.75, 3.05) is 26.2 Å². The van der Waals surface area contributed by atoms with Gasteiger partial charge in [0.05, 0.1) is 5.56 Å². The number of piperazine rings is 1. The molecular formula is C21H26N2O3. The molecule has 2 aromatic rings. The van der Waals surface area contributed by atoms with Gasteiger partial charge in [-0.25, -0.2) is 0 Å². The minimum Gasteiger partial charge on any atom is -0.466 e. The van der Waals surface area contributed by atoms with Crippen LogP contribution >= 0.6 is 0 Å². The summed E-state index contributed by atoms with van der Waals surface area (Å²) < 4.78 is 5.58. The van der Waals surface area contributed by atoms with Crippen LogP contribution in [-0.2, 0) is 6.42 Å². The number of hydrogen-bond acceptors (Lipinski definition) is 3. The van der Waals surface area contributed by atoms with Crippen molar-refractivity contribution in [1.82, 2.24) is 9.80 Å². The van der Waals surface area contributed by atoms with E-state index in [4.69, 9.17) is 4.42 Å². The largest absolute Gasteiger partial charge is 0.466 e.